The first-order valence-electron chi connectivity index (χ1n) is 11.0. The molecule has 2 aliphatic rings. The number of hydrogen-bond acceptors (Lipinski definition) is 4. The van der Waals surface area contributed by atoms with Gasteiger partial charge in [0.15, 0.2) is 11.6 Å². The summed E-state index contributed by atoms with van der Waals surface area (Å²) in [6.45, 7) is 20.7. The van der Waals surface area contributed by atoms with E-state index in [4.69, 9.17) is 0 Å². The summed E-state index contributed by atoms with van der Waals surface area (Å²) in [4.78, 5) is 31.1. The molecule has 2 atom stereocenters. The number of hydrogen-bond donors (Lipinski definition) is 0. The molecule has 0 aliphatic carbocycles. The fraction of sp³-hybridized carbons (Fsp3) is 0.833. The third-order valence-corrected chi connectivity index (χ3v) is 6.54. The van der Waals surface area contributed by atoms with Crippen molar-refractivity contribution in [2.24, 2.45) is 10.8 Å². The fourth-order valence-electron chi connectivity index (χ4n) is 5.23. The van der Waals surface area contributed by atoms with Crippen LogP contribution in [0.3, 0.4) is 0 Å². The van der Waals surface area contributed by atoms with Crippen molar-refractivity contribution in [2.45, 2.75) is 105 Å². The summed E-state index contributed by atoms with van der Waals surface area (Å²) in [6.07, 6.45) is 6.96. The van der Waals surface area contributed by atoms with Crippen LogP contribution in [0, 0.1) is 10.8 Å². The van der Waals surface area contributed by atoms with Gasteiger partial charge in [0.2, 0.25) is 0 Å². The summed E-state index contributed by atoms with van der Waals surface area (Å²) in [7, 11) is 0. The van der Waals surface area contributed by atoms with Crippen LogP contribution in [0.2, 0.25) is 0 Å². The van der Waals surface area contributed by atoms with E-state index in [0.717, 1.165) is 32.4 Å². The van der Waals surface area contributed by atoms with Crippen LogP contribution in [-0.4, -0.2) is 58.1 Å². The van der Waals surface area contributed by atoms with E-state index in [1.54, 1.807) is 0 Å². The van der Waals surface area contributed by atoms with E-state index in [1.807, 2.05) is 26.8 Å². The van der Waals surface area contributed by atoms with Gasteiger partial charge in [0.1, 0.15) is 0 Å². The summed E-state index contributed by atoms with van der Waals surface area (Å²) in [5, 5.41) is 0. The van der Waals surface area contributed by atoms with Crippen LogP contribution >= 0.6 is 0 Å². The lowest BCUT2D eigenvalue weighted by Crippen LogP contribution is -2.55. The number of ketones is 2. The SMILES string of the molecule is CC(C)N1CCCC1C(=O)C(C)(C)CC(C)(C)N1CC=CC1C(=O)C(C)(C)C. The first-order valence-corrected chi connectivity index (χ1v) is 11.0. The molecule has 2 heterocycles. The molecule has 2 rings (SSSR count). The zero-order chi connectivity index (χ0) is 21.5. The molecule has 0 radical (unpaired) electrons. The average Bonchev–Trinajstić information content (AvgIpc) is 3.20. The highest BCUT2D eigenvalue weighted by atomic mass is 16.1. The molecule has 0 N–H and O–H groups in total. The second-order valence-corrected chi connectivity index (χ2v) is 11.4. The minimum absolute atomic E-state index is 0.0366. The number of carbonyl (C=O) groups excluding carboxylic acids is 2. The van der Waals surface area contributed by atoms with Crippen LogP contribution < -0.4 is 0 Å². The minimum atomic E-state index is -0.427. The molecule has 2 aliphatic heterocycles. The van der Waals surface area contributed by atoms with Gasteiger partial charge < -0.3 is 0 Å². The highest BCUT2D eigenvalue weighted by Crippen LogP contribution is 2.39. The first kappa shape index (κ1) is 23.3. The molecule has 2 unspecified atom stereocenters. The molecule has 0 bridgehead atoms. The van der Waals surface area contributed by atoms with Crippen LogP contribution in [-0.2, 0) is 9.59 Å². The van der Waals surface area contributed by atoms with Crippen LogP contribution in [0.15, 0.2) is 12.2 Å². The van der Waals surface area contributed by atoms with Gasteiger partial charge >= 0.3 is 0 Å². The second-order valence-electron chi connectivity index (χ2n) is 11.4. The van der Waals surface area contributed by atoms with Gasteiger partial charge in [-0.1, -0.05) is 46.8 Å². The number of nitrogens with zero attached hydrogens (tertiary/aromatic N) is 2. The van der Waals surface area contributed by atoms with Gasteiger partial charge in [-0.2, -0.15) is 0 Å². The zero-order valence-corrected chi connectivity index (χ0v) is 19.6. The highest BCUT2D eigenvalue weighted by molar-refractivity contribution is 5.91. The third-order valence-electron chi connectivity index (χ3n) is 6.54. The molecular formula is C24H42N2O2. The quantitative estimate of drug-likeness (QED) is 0.601. The number of Topliss-reactive ketones (excluding diaryl/α,β-unsaturated/α-hetero) is 2. The standard InChI is InChI=1S/C24H42N2O2/c1-17(2)25-14-10-12-18(25)21(28)23(6,7)16-24(8,9)26-15-11-13-19(26)20(27)22(3,4)5/h11,13,17-19H,10,12,14-16H2,1-9H3. The van der Waals surface area contributed by atoms with E-state index >= 15 is 0 Å². The molecule has 160 valence electrons. The Kier molecular flexibility index (Phi) is 6.67. The predicted molar refractivity (Wildman–Crippen MR) is 116 cm³/mol. The van der Waals surface area contributed by atoms with Crippen molar-refractivity contribution in [2.75, 3.05) is 13.1 Å². The lowest BCUT2D eigenvalue weighted by atomic mass is 9.73. The maximum Gasteiger partial charge on any atom is 0.159 e. The van der Waals surface area contributed by atoms with Gasteiger partial charge in [-0.25, -0.2) is 0 Å². The molecular weight excluding hydrogens is 348 g/mol. The zero-order valence-electron chi connectivity index (χ0n) is 19.6. The molecule has 0 aromatic rings. The van der Waals surface area contributed by atoms with Crippen LogP contribution in [0.25, 0.3) is 0 Å². The maximum atomic E-state index is 13.5. The van der Waals surface area contributed by atoms with Crippen molar-refractivity contribution in [3.8, 4) is 0 Å². The Hall–Kier alpha value is -1.00. The summed E-state index contributed by atoms with van der Waals surface area (Å²) in [5.41, 5.74) is -1.04. The van der Waals surface area contributed by atoms with Gasteiger partial charge in [-0.15, -0.1) is 0 Å². The molecule has 0 saturated carbocycles. The maximum absolute atomic E-state index is 13.5. The Morgan fingerprint density at radius 1 is 1.04 bits per heavy atom. The van der Waals surface area contributed by atoms with E-state index in [2.05, 4.69) is 57.4 Å². The molecule has 28 heavy (non-hydrogen) atoms. The second kappa shape index (κ2) is 8.02. The number of likely N-dealkylation sites (tertiary alicyclic amines) is 1. The number of carbonyl (C=O) groups is 2. The topological polar surface area (TPSA) is 40.6 Å². The Morgan fingerprint density at radius 2 is 1.64 bits per heavy atom. The van der Waals surface area contributed by atoms with Gasteiger partial charge in [-0.3, -0.25) is 19.4 Å². The van der Waals surface area contributed by atoms with Crippen molar-refractivity contribution in [1.82, 2.24) is 9.80 Å². The van der Waals surface area contributed by atoms with Gasteiger partial charge in [0.05, 0.1) is 12.1 Å². The third kappa shape index (κ3) is 4.76. The molecule has 4 nitrogen and oxygen atoms in total. The smallest absolute Gasteiger partial charge is 0.159 e. The predicted octanol–water partition coefficient (Wildman–Crippen LogP) is 4.48. The number of rotatable bonds is 7. The van der Waals surface area contributed by atoms with Crippen molar-refractivity contribution in [1.29, 1.82) is 0 Å². The summed E-state index contributed by atoms with van der Waals surface area (Å²) in [6, 6.07) is 0.242. The molecule has 1 fully saturated rings. The lowest BCUT2D eigenvalue weighted by molar-refractivity contribution is -0.136. The van der Waals surface area contributed by atoms with E-state index in [0.29, 0.717) is 11.8 Å². The minimum Gasteiger partial charge on any atom is -0.297 e. The highest BCUT2D eigenvalue weighted by Gasteiger charge is 2.46. The van der Waals surface area contributed by atoms with Crippen LogP contribution in [0.4, 0.5) is 0 Å². The lowest BCUT2D eigenvalue weighted by Gasteiger charge is -2.45. The van der Waals surface area contributed by atoms with E-state index in [9.17, 15) is 9.59 Å². The van der Waals surface area contributed by atoms with E-state index < -0.39 is 5.41 Å². The Bertz CT molecular complexity index is 625. The molecule has 0 amide bonds. The largest absolute Gasteiger partial charge is 0.297 e. The van der Waals surface area contributed by atoms with Crippen molar-refractivity contribution < 1.29 is 9.59 Å². The van der Waals surface area contributed by atoms with Gasteiger partial charge in [0, 0.05) is 29.0 Å². The van der Waals surface area contributed by atoms with Gasteiger partial charge in [0.25, 0.3) is 0 Å². The first-order chi connectivity index (χ1) is 12.7. The Balaban J connectivity index is 2.17. The molecule has 0 aromatic heterocycles. The molecule has 0 spiro atoms. The fourth-order valence-corrected chi connectivity index (χ4v) is 5.23. The van der Waals surface area contributed by atoms with Crippen molar-refractivity contribution in [3.05, 3.63) is 12.2 Å². The summed E-state index contributed by atoms with van der Waals surface area (Å²) >= 11 is 0. The molecule has 0 aromatic carbocycles. The van der Waals surface area contributed by atoms with Crippen molar-refractivity contribution >= 4 is 11.6 Å². The normalized spacial score (nSPS) is 25.1. The Morgan fingerprint density at radius 3 is 2.18 bits per heavy atom. The van der Waals surface area contributed by atoms with Crippen LogP contribution in [0.5, 0.6) is 0 Å². The summed E-state index contributed by atoms with van der Waals surface area (Å²) in [5.74, 6) is 0.609. The Labute approximate surface area is 172 Å². The molecule has 1 saturated heterocycles. The van der Waals surface area contributed by atoms with Crippen molar-refractivity contribution in [3.63, 3.8) is 0 Å². The van der Waals surface area contributed by atoms with Gasteiger partial charge in [-0.05, 0) is 53.5 Å². The van der Waals surface area contributed by atoms with E-state index in [-0.39, 0.29) is 28.8 Å². The summed E-state index contributed by atoms with van der Waals surface area (Å²) < 4.78 is 0. The molecule has 4 heteroatoms. The average molecular weight is 391 g/mol. The van der Waals surface area contributed by atoms with E-state index in [1.165, 1.54) is 0 Å². The monoisotopic (exact) mass is 390 g/mol. The van der Waals surface area contributed by atoms with Crippen LogP contribution in [0.1, 0.15) is 81.6 Å².